The highest BCUT2D eigenvalue weighted by Gasteiger charge is 2.31. The van der Waals surface area contributed by atoms with Crippen LogP contribution < -0.4 is 16.0 Å². The number of rotatable bonds is 12. The number of alkyl carbamates (subject to hydrolysis) is 1. The molecule has 11 nitrogen and oxygen atoms in total. The molecule has 11 heteroatoms. The number of hydrogen-bond donors (Lipinski definition) is 4. The topological polar surface area (TPSA) is 152 Å². The van der Waals surface area contributed by atoms with Gasteiger partial charge in [-0.1, -0.05) is 91.0 Å². The third kappa shape index (κ3) is 10.3. The third-order valence-electron chi connectivity index (χ3n) is 8.83. The van der Waals surface area contributed by atoms with Crippen molar-refractivity contribution >= 4 is 23.9 Å². The molecule has 0 unspecified atom stereocenters. The molecular weight excluding hydrogens is 638 g/mol. The molecule has 3 atom stereocenters. The molecule has 5 rings (SSSR count). The molecule has 0 saturated heterocycles. The van der Waals surface area contributed by atoms with Crippen LogP contribution in [0.15, 0.2) is 91.0 Å². The number of nitrogens with one attached hydrogen (secondary N) is 3. The number of aliphatic hydroxyl groups excluding tert-OH is 1. The standard InChI is InChI=1S/C39H45N3O8/c43-20-22-48-21-19-40-36(44)24-28-13-5-2-6-18-35(38(46)49-25-29(41-37(28)45)23-27-11-3-1-4-12-27)42-39(47)50-26-34-32-16-9-7-14-30(32)31-15-8-10-17-33(31)34/h1-5,7-12,14-17,28-29,34-35,43H,6,13,18-26H2,(H,40,44)(H,41,45)(H,42,47)/t28-,29-,35+/m1/s1. The van der Waals surface area contributed by atoms with E-state index in [2.05, 4.69) is 28.1 Å². The van der Waals surface area contributed by atoms with Crippen molar-refractivity contribution in [2.45, 2.75) is 50.1 Å². The summed E-state index contributed by atoms with van der Waals surface area (Å²) in [6, 6.07) is 24.1. The van der Waals surface area contributed by atoms with Gasteiger partial charge >= 0.3 is 12.1 Å². The number of amides is 3. The molecule has 4 N–H and O–H groups in total. The molecule has 50 heavy (non-hydrogen) atoms. The summed E-state index contributed by atoms with van der Waals surface area (Å²) in [5.41, 5.74) is 5.34. The molecule has 264 valence electrons. The quantitative estimate of drug-likeness (QED) is 0.127. The highest BCUT2D eigenvalue weighted by molar-refractivity contribution is 5.86. The predicted molar refractivity (Wildman–Crippen MR) is 187 cm³/mol. The Kier molecular flexibility index (Phi) is 13.6. The van der Waals surface area contributed by atoms with Crippen molar-refractivity contribution in [3.63, 3.8) is 0 Å². The smallest absolute Gasteiger partial charge is 0.407 e. The molecule has 2 aliphatic rings. The maximum Gasteiger partial charge on any atom is 0.407 e. The van der Waals surface area contributed by atoms with Gasteiger partial charge < -0.3 is 35.3 Å². The van der Waals surface area contributed by atoms with E-state index in [4.69, 9.17) is 19.3 Å². The SMILES string of the molecule is O=C(C[C@H]1CC=CCC[C@H](NC(=O)OCC2c3ccccc3-c3ccccc32)C(=O)OC[C@@H](Cc2ccccc2)NC1=O)NCCOCCO. The van der Waals surface area contributed by atoms with E-state index >= 15 is 0 Å². The summed E-state index contributed by atoms with van der Waals surface area (Å²) in [4.78, 5) is 52.7. The molecule has 3 aromatic rings. The van der Waals surface area contributed by atoms with E-state index < -0.39 is 30.1 Å². The van der Waals surface area contributed by atoms with E-state index in [1.54, 1.807) is 0 Å². The van der Waals surface area contributed by atoms with Gasteiger partial charge in [-0.2, -0.15) is 0 Å². The van der Waals surface area contributed by atoms with E-state index in [-0.39, 0.29) is 70.2 Å². The fourth-order valence-corrected chi connectivity index (χ4v) is 6.33. The molecule has 0 radical (unpaired) electrons. The van der Waals surface area contributed by atoms with Crippen LogP contribution >= 0.6 is 0 Å². The van der Waals surface area contributed by atoms with Gasteiger partial charge in [0.2, 0.25) is 11.8 Å². The number of cyclic esters (lactones) is 1. The van der Waals surface area contributed by atoms with Gasteiger partial charge in [0.15, 0.2) is 0 Å². The molecular formula is C39H45N3O8. The largest absolute Gasteiger partial charge is 0.462 e. The summed E-state index contributed by atoms with van der Waals surface area (Å²) in [6.07, 6.45) is 4.26. The van der Waals surface area contributed by atoms with Crippen molar-refractivity contribution in [3.8, 4) is 11.1 Å². The van der Waals surface area contributed by atoms with Gasteiger partial charge in [-0.15, -0.1) is 0 Å². The zero-order valence-corrected chi connectivity index (χ0v) is 28.1. The number of allylic oxidation sites excluding steroid dienone is 2. The van der Waals surface area contributed by atoms with Gasteiger partial charge in [-0.05, 0) is 53.5 Å². The highest BCUT2D eigenvalue weighted by Crippen LogP contribution is 2.44. The van der Waals surface area contributed by atoms with E-state index in [1.807, 2.05) is 78.9 Å². The Labute approximate surface area is 292 Å². The Morgan fingerprint density at radius 3 is 2.32 bits per heavy atom. The Balaban J connectivity index is 1.23. The Morgan fingerprint density at radius 2 is 1.60 bits per heavy atom. The monoisotopic (exact) mass is 683 g/mol. The summed E-state index contributed by atoms with van der Waals surface area (Å²) >= 11 is 0. The zero-order valence-electron chi connectivity index (χ0n) is 28.1. The lowest BCUT2D eigenvalue weighted by Crippen LogP contribution is -2.46. The second-order valence-electron chi connectivity index (χ2n) is 12.4. The minimum Gasteiger partial charge on any atom is -0.462 e. The molecule has 3 amide bonds. The average Bonchev–Trinajstić information content (AvgIpc) is 3.45. The van der Waals surface area contributed by atoms with Crippen molar-refractivity contribution in [1.29, 1.82) is 0 Å². The number of aliphatic hydroxyl groups is 1. The fourth-order valence-electron chi connectivity index (χ4n) is 6.33. The number of benzene rings is 3. The van der Waals surface area contributed by atoms with Gasteiger partial charge in [-0.25, -0.2) is 9.59 Å². The van der Waals surface area contributed by atoms with E-state index in [0.29, 0.717) is 19.3 Å². The van der Waals surface area contributed by atoms with Gasteiger partial charge in [0, 0.05) is 18.9 Å². The lowest BCUT2D eigenvalue weighted by atomic mass is 9.97. The highest BCUT2D eigenvalue weighted by atomic mass is 16.6. The van der Waals surface area contributed by atoms with Crippen LogP contribution in [0.4, 0.5) is 4.79 Å². The fraction of sp³-hybridized carbons (Fsp3) is 0.385. The summed E-state index contributed by atoms with van der Waals surface area (Å²) in [5.74, 6) is -2.04. The van der Waals surface area contributed by atoms with E-state index in [0.717, 1.165) is 27.8 Å². The number of esters is 1. The van der Waals surface area contributed by atoms with Crippen LogP contribution in [0.2, 0.25) is 0 Å². The Morgan fingerprint density at radius 1 is 0.900 bits per heavy atom. The van der Waals surface area contributed by atoms with E-state index in [1.165, 1.54) is 0 Å². The number of carbonyl (C=O) groups excluding carboxylic acids is 4. The summed E-state index contributed by atoms with van der Waals surface area (Å²) < 4.78 is 16.6. The first-order chi connectivity index (χ1) is 24.4. The van der Waals surface area contributed by atoms with Gasteiger partial charge in [0.1, 0.15) is 19.3 Å². The normalized spacial score (nSPS) is 19.4. The van der Waals surface area contributed by atoms with Crippen LogP contribution in [0.3, 0.4) is 0 Å². The first-order valence-corrected chi connectivity index (χ1v) is 17.2. The van der Waals surface area contributed by atoms with Gasteiger partial charge in [-0.3, -0.25) is 9.59 Å². The van der Waals surface area contributed by atoms with Gasteiger partial charge in [0.05, 0.1) is 31.8 Å². The van der Waals surface area contributed by atoms with Crippen molar-refractivity contribution in [1.82, 2.24) is 16.0 Å². The minimum absolute atomic E-state index is 0.0417. The molecule has 1 heterocycles. The minimum atomic E-state index is -0.973. The molecule has 0 spiro atoms. The van der Waals surface area contributed by atoms with Crippen LogP contribution in [0.1, 0.15) is 48.3 Å². The van der Waals surface area contributed by atoms with Crippen molar-refractivity contribution < 1.29 is 38.5 Å². The molecule has 0 bridgehead atoms. The lowest BCUT2D eigenvalue weighted by Gasteiger charge is -2.23. The Hall–Kier alpha value is -5.00. The average molecular weight is 684 g/mol. The molecule has 0 aromatic heterocycles. The first kappa shape index (κ1) is 36.3. The van der Waals surface area contributed by atoms with Gasteiger partial charge in [0.25, 0.3) is 0 Å². The van der Waals surface area contributed by atoms with Crippen molar-refractivity contribution in [2.75, 3.05) is 39.6 Å². The van der Waals surface area contributed by atoms with Crippen LogP contribution in [-0.4, -0.2) is 80.6 Å². The van der Waals surface area contributed by atoms with Crippen LogP contribution in [-0.2, 0) is 35.0 Å². The van der Waals surface area contributed by atoms with Crippen LogP contribution in [0, 0.1) is 5.92 Å². The second-order valence-corrected chi connectivity index (χ2v) is 12.4. The molecule has 1 aliphatic heterocycles. The molecule has 0 fully saturated rings. The van der Waals surface area contributed by atoms with Crippen molar-refractivity contribution in [3.05, 3.63) is 108 Å². The third-order valence-corrected chi connectivity index (χ3v) is 8.83. The number of carbonyl (C=O) groups is 4. The number of fused-ring (bicyclic) bond motifs is 3. The van der Waals surface area contributed by atoms with Crippen molar-refractivity contribution in [2.24, 2.45) is 5.92 Å². The molecule has 0 saturated carbocycles. The van der Waals surface area contributed by atoms with E-state index in [9.17, 15) is 19.2 Å². The summed E-state index contributed by atoms with van der Waals surface area (Å²) in [7, 11) is 0. The Bertz CT molecular complexity index is 1580. The first-order valence-electron chi connectivity index (χ1n) is 17.2. The second kappa shape index (κ2) is 18.7. The maximum atomic E-state index is 13.5. The summed E-state index contributed by atoms with van der Waals surface area (Å²) in [5, 5.41) is 17.3. The molecule has 3 aromatic carbocycles. The van der Waals surface area contributed by atoms with Crippen LogP contribution in [0.5, 0.6) is 0 Å². The summed E-state index contributed by atoms with van der Waals surface area (Å²) in [6.45, 7) is 0.566. The van der Waals surface area contributed by atoms with Crippen LogP contribution in [0.25, 0.3) is 11.1 Å². The molecule has 1 aliphatic carbocycles. The maximum absolute atomic E-state index is 13.5. The number of ether oxygens (including phenoxy) is 3. The predicted octanol–water partition coefficient (Wildman–Crippen LogP) is 4.04. The lowest BCUT2D eigenvalue weighted by molar-refractivity contribution is -0.147. The number of hydrogen-bond acceptors (Lipinski definition) is 8. The zero-order chi connectivity index (χ0) is 35.1.